The highest BCUT2D eigenvalue weighted by Gasteiger charge is 2.09. The largest absolute Gasteiger partial charge is 0.399 e. The first-order chi connectivity index (χ1) is 7.31. The highest BCUT2D eigenvalue weighted by atomic mass is 14.8. The molecule has 1 heterocycles. The van der Waals surface area contributed by atoms with E-state index >= 15 is 0 Å². The number of benzene rings is 1. The van der Waals surface area contributed by atoms with Gasteiger partial charge in [0.15, 0.2) is 0 Å². The molecule has 0 atom stereocenters. The van der Waals surface area contributed by atoms with Crippen molar-refractivity contribution in [3.8, 4) is 0 Å². The first-order valence-electron chi connectivity index (χ1n) is 5.59. The molecule has 0 bridgehead atoms. The molecule has 1 aliphatic rings. The van der Waals surface area contributed by atoms with E-state index in [1.54, 1.807) is 0 Å². The topological polar surface area (TPSA) is 38.0 Å². The summed E-state index contributed by atoms with van der Waals surface area (Å²) in [7, 11) is 0. The van der Waals surface area contributed by atoms with Crippen LogP contribution in [0.2, 0.25) is 0 Å². The Bertz CT molecular complexity index is 380. The molecule has 0 amide bonds. The third-order valence-electron chi connectivity index (χ3n) is 2.92. The number of nitrogens with one attached hydrogen (secondary N) is 1. The van der Waals surface area contributed by atoms with Crippen molar-refractivity contribution in [2.75, 3.05) is 18.8 Å². The van der Waals surface area contributed by atoms with Crippen molar-refractivity contribution in [2.45, 2.75) is 19.8 Å². The second-order valence-corrected chi connectivity index (χ2v) is 3.95. The first kappa shape index (κ1) is 10.2. The summed E-state index contributed by atoms with van der Waals surface area (Å²) >= 11 is 0. The van der Waals surface area contributed by atoms with Crippen molar-refractivity contribution in [1.82, 2.24) is 5.32 Å². The number of hydrogen-bond acceptors (Lipinski definition) is 2. The van der Waals surface area contributed by atoms with Gasteiger partial charge in [0.05, 0.1) is 0 Å². The Morgan fingerprint density at radius 2 is 2.27 bits per heavy atom. The summed E-state index contributed by atoms with van der Waals surface area (Å²) in [6, 6.07) is 6.25. The maximum absolute atomic E-state index is 5.80. The summed E-state index contributed by atoms with van der Waals surface area (Å²) in [6.07, 6.45) is 4.45. The number of rotatable bonds is 2. The van der Waals surface area contributed by atoms with Gasteiger partial charge in [-0.3, -0.25) is 0 Å². The normalized spacial score (nSPS) is 16.2. The Morgan fingerprint density at radius 3 is 2.93 bits per heavy atom. The standard InChI is InChI=1S/C13H18N2/c1-2-10-9-12(14)3-4-13(10)11-5-7-15-8-6-11/h3-5,9,15H,2,6-8,14H2,1H3. The first-order valence-corrected chi connectivity index (χ1v) is 5.59. The van der Waals surface area contributed by atoms with Crippen LogP contribution < -0.4 is 11.1 Å². The molecule has 1 aliphatic heterocycles. The second-order valence-electron chi connectivity index (χ2n) is 3.95. The molecule has 15 heavy (non-hydrogen) atoms. The summed E-state index contributed by atoms with van der Waals surface area (Å²) in [4.78, 5) is 0. The van der Waals surface area contributed by atoms with Crippen molar-refractivity contribution in [1.29, 1.82) is 0 Å². The Hall–Kier alpha value is -1.28. The Morgan fingerprint density at radius 1 is 1.40 bits per heavy atom. The van der Waals surface area contributed by atoms with Gasteiger partial charge < -0.3 is 11.1 Å². The van der Waals surface area contributed by atoms with Crippen LogP contribution in [0.25, 0.3) is 5.57 Å². The molecule has 0 spiro atoms. The van der Waals surface area contributed by atoms with Gasteiger partial charge in [0.1, 0.15) is 0 Å². The van der Waals surface area contributed by atoms with E-state index in [1.807, 2.05) is 6.07 Å². The van der Waals surface area contributed by atoms with Crippen LogP contribution in [0.3, 0.4) is 0 Å². The highest BCUT2D eigenvalue weighted by molar-refractivity contribution is 5.71. The van der Waals surface area contributed by atoms with Crippen LogP contribution in [0.4, 0.5) is 5.69 Å². The molecule has 0 unspecified atom stereocenters. The van der Waals surface area contributed by atoms with E-state index in [-0.39, 0.29) is 0 Å². The van der Waals surface area contributed by atoms with Crippen molar-refractivity contribution in [3.05, 3.63) is 35.4 Å². The highest BCUT2D eigenvalue weighted by Crippen LogP contribution is 2.25. The molecule has 0 saturated heterocycles. The molecule has 3 N–H and O–H groups in total. The Balaban J connectivity index is 2.38. The van der Waals surface area contributed by atoms with E-state index in [0.29, 0.717) is 0 Å². The Labute approximate surface area is 91.2 Å². The van der Waals surface area contributed by atoms with Crippen molar-refractivity contribution < 1.29 is 0 Å². The lowest BCUT2D eigenvalue weighted by atomic mass is 9.94. The van der Waals surface area contributed by atoms with E-state index in [1.165, 1.54) is 16.7 Å². The van der Waals surface area contributed by atoms with Gasteiger partial charge in [-0.25, -0.2) is 0 Å². The SMILES string of the molecule is CCc1cc(N)ccc1C1=CCNCC1. The van der Waals surface area contributed by atoms with E-state index in [2.05, 4.69) is 30.4 Å². The average Bonchev–Trinajstić information content (AvgIpc) is 2.30. The number of aryl methyl sites for hydroxylation is 1. The molecular formula is C13H18N2. The quantitative estimate of drug-likeness (QED) is 0.722. The smallest absolute Gasteiger partial charge is 0.0317 e. The molecule has 80 valence electrons. The van der Waals surface area contributed by atoms with Gasteiger partial charge in [-0.15, -0.1) is 0 Å². The fourth-order valence-electron chi connectivity index (χ4n) is 2.09. The average molecular weight is 202 g/mol. The van der Waals surface area contributed by atoms with E-state index in [9.17, 15) is 0 Å². The molecule has 2 rings (SSSR count). The third-order valence-corrected chi connectivity index (χ3v) is 2.92. The summed E-state index contributed by atoms with van der Waals surface area (Å²) < 4.78 is 0. The van der Waals surface area contributed by atoms with Gasteiger partial charge in [0.25, 0.3) is 0 Å². The lowest BCUT2D eigenvalue weighted by Crippen LogP contribution is -2.20. The molecule has 2 heteroatoms. The molecule has 0 saturated carbocycles. The molecule has 0 aromatic heterocycles. The monoisotopic (exact) mass is 202 g/mol. The zero-order chi connectivity index (χ0) is 10.7. The molecule has 0 fully saturated rings. The van der Waals surface area contributed by atoms with Crippen LogP contribution in [0.1, 0.15) is 24.5 Å². The minimum absolute atomic E-state index is 0.866. The van der Waals surface area contributed by atoms with Crippen LogP contribution in [0.5, 0.6) is 0 Å². The zero-order valence-electron chi connectivity index (χ0n) is 9.22. The third kappa shape index (κ3) is 2.21. The minimum atomic E-state index is 0.866. The number of hydrogen-bond donors (Lipinski definition) is 2. The predicted octanol–water partition coefficient (Wildman–Crippen LogP) is 2.21. The van der Waals surface area contributed by atoms with Crippen LogP contribution in [-0.4, -0.2) is 13.1 Å². The lowest BCUT2D eigenvalue weighted by molar-refractivity contribution is 0.738. The number of nitrogen functional groups attached to an aromatic ring is 1. The van der Waals surface area contributed by atoms with Gasteiger partial charge in [-0.1, -0.05) is 19.1 Å². The molecule has 0 aliphatic carbocycles. The van der Waals surface area contributed by atoms with Gasteiger partial charge in [0.2, 0.25) is 0 Å². The van der Waals surface area contributed by atoms with Crippen LogP contribution in [0, 0.1) is 0 Å². The maximum Gasteiger partial charge on any atom is 0.0317 e. The van der Waals surface area contributed by atoms with E-state index in [4.69, 9.17) is 5.73 Å². The van der Waals surface area contributed by atoms with Crippen molar-refractivity contribution in [3.63, 3.8) is 0 Å². The number of anilines is 1. The summed E-state index contributed by atoms with van der Waals surface area (Å²) in [6.45, 7) is 4.25. The van der Waals surface area contributed by atoms with Crippen LogP contribution in [0.15, 0.2) is 24.3 Å². The molecule has 1 aromatic carbocycles. The molecule has 1 aromatic rings. The van der Waals surface area contributed by atoms with E-state index < -0.39 is 0 Å². The second kappa shape index (κ2) is 4.49. The number of nitrogens with two attached hydrogens (primary N) is 1. The van der Waals surface area contributed by atoms with Crippen molar-refractivity contribution in [2.24, 2.45) is 0 Å². The summed E-state index contributed by atoms with van der Waals surface area (Å²) in [5.41, 5.74) is 10.9. The van der Waals surface area contributed by atoms with Gasteiger partial charge in [-0.2, -0.15) is 0 Å². The molecule has 0 radical (unpaired) electrons. The summed E-state index contributed by atoms with van der Waals surface area (Å²) in [5.74, 6) is 0. The zero-order valence-corrected chi connectivity index (χ0v) is 9.22. The molecule has 2 nitrogen and oxygen atoms in total. The van der Waals surface area contributed by atoms with Crippen LogP contribution >= 0.6 is 0 Å². The Kier molecular flexibility index (Phi) is 3.07. The minimum Gasteiger partial charge on any atom is -0.399 e. The van der Waals surface area contributed by atoms with Crippen LogP contribution in [-0.2, 0) is 6.42 Å². The summed E-state index contributed by atoms with van der Waals surface area (Å²) in [5, 5.41) is 3.33. The fourth-order valence-corrected chi connectivity index (χ4v) is 2.09. The van der Waals surface area contributed by atoms with Gasteiger partial charge >= 0.3 is 0 Å². The van der Waals surface area contributed by atoms with Gasteiger partial charge in [0, 0.05) is 12.2 Å². The van der Waals surface area contributed by atoms with Crippen molar-refractivity contribution >= 4 is 11.3 Å². The van der Waals surface area contributed by atoms with Gasteiger partial charge in [-0.05, 0) is 48.2 Å². The lowest BCUT2D eigenvalue weighted by Gasteiger charge is -2.17. The maximum atomic E-state index is 5.80. The predicted molar refractivity (Wildman–Crippen MR) is 65.7 cm³/mol. The fraction of sp³-hybridized carbons (Fsp3) is 0.385. The molecular weight excluding hydrogens is 184 g/mol. The van der Waals surface area contributed by atoms with E-state index in [0.717, 1.165) is 31.6 Å².